The Kier molecular flexibility index (Phi) is 4.35. The Hall–Kier alpha value is -0.580. The summed E-state index contributed by atoms with van der Waals surface area (Å²) in [6.45, 7) is 6.21. The molecule has 0 fully saturated rings. The second-order valence-electron chi connectivity index (χ2n) is 4.40. The van der Waals surface area contributed by atoms with E-state index >= 15 is 0 Å². The molecule has 1 atom stereocenters. The normalized spacial score (nSPS) is 15.4. The van der Waals surface area contributed by atoms with Gasteiger partial charge in [0.2, 0.25) is 0 Å². The van der Waals surface area contributed by atoms with Gasteiger partial charge in [0, 0.05) is 26.2 Å². The molecular formula is C11H19ClN2O2. The topological polar surface area (TPSA) is 47.3 Å². The van der Waals surface area contributed by atoms with Crippen molar-refractivity contribution in [1.29, 1.82) is 0 Å². The van der Waals surface area contributed by atoms with Crippen LogP contribution in [0.2, 0.25) is 5.02 Å². The van der Waals surface area contributed by atoms with Crippen molar-refractivity contribution in [3.05, 3.63) is 16.9 Å². The molecular weight excluding hydrogens is 228 g/mol. The van der Waals surface area contributed by atoms with E-state index in [1.165, 1.54) is 0 Å². The monoisotopic (exact) mass is 246 g/mol. The molecule has 1 unspecified atom stereocenters. The molecule has 92 valence electrons. The van der Waals surface area contributed by atoms with Crippen LogP contribution in [0, 0.1) is 0 Å². The third-order valence-corrected chi connectivity index (χ3v) is 2.82. The second-order valence-corrected chi connectivity index (χ2v) is 4.80. The number of halogens is 1. The second kappa shape index (κ2) is 5.17. The van der Waals surface area contributed by atoms with E-state index < -0.39 is 5.60 Å². The first-order valence-electron chi connectivity index (χ1n) is 5.35. The van der Waals surface area contributed by atoms with Gasteiger partial charge in [-0.3, -0.25) is 4.68 Å². The van der Waals surface area contributed by atoms with Crippen molar-refractivity contribution in [3.63, 3.8) is 0 Å². The summed E-state index contributed by atoms with van der Waals surface area (Å²) in [5.74, 6) is 0. The minimum absolute atomic E-state index is 0.163. The van der Waals surface area contributed by atoms with E-state index in [9.17, 15) is 5.11 Å². The van der Waals surface area contributed by atoms with Crippen molar-refractivity contribution >= 4 is 11.6 Å². The number of hydrogen-bond donors (Lipinski definition) is 1. The zero-order chi connectivity index (χ0) is 12.3. The number of aromatic nitrogens is 2. The number of nitrogens with zero attached hydrogens (tertiary/aromatic N) is 2. The van der Waals surface area contributed by atoms with Crippen LogP contribution in [0.15, 0.2) is 6.20 Å². The lowest BCUT2D eigenvalue weighted by atomic mass is 9.98. The molecule has 5 heteroatoms. The minimum atomic E-state index is -1.02. The average Bonchev–Trinajstić information content (AvgIpc) is 2.58. The standard InChI is InChI=1S/C11H19ClN2O2/c1-8(2)14-10(9(12)7-13-14)11(3,15)5-6-16-4/h7-8,15H,5-6H2,1-4H3. The first kappa shape index (κ1) is 13.5. The van der Waals surface area contributed by atoms with Crippen LogP contribution in [-0.2, 0) is 10.3 Å². The van der Waals surface area contributed by atoms with Crippen LogP contribution in [0.3, 0.4) is 0 Å². The minimum Gasteiger partial charge on any atom is -0.385 e. The van der Waals surface area contributed by atoms with Gasteiger partial charge in [-0.2, -0.15) is 5.10 Å². The van der Waals surface area contributed by atoms with E-state index in [0.717, 1.165) is 0 Å². The molecule has 0 bridgehead atoms. The molecule has 0 saturated heterocycles. The van der Waals surface area contributed by atoms with Crippen LogP contribution in [-0.4, -0.2) is 28.6 Å². The predicted molar refractivity (Wildman–Crippen MR) is 63.7 cm³/mol. The fourth-order valence-electron chi connectivity index (χ4n) is 1.66. The van der Waals surface area contributed by atoms with Crippen molar-refractivity contribution in [2.24, 2.45) is 0 Å². The maximum absolute atomic E-state index is 10.4. The predicted octanol–water partition coefficient (Wildman–Crippen LogP) is 2.36. The molecule has 0 saturated carbocycles. The lowest BCUT2D eigenvalue weighted by molar-refractivity contribution is 0.0126. The number of ether oxygens (including phenoxy) is 1. The van der Waals surface area contributed by atoms with Gasteiger partial charge in [0.1, 0.15) is 5.60 Å². The molecule has 4 nitrogen and oxygen atoms in total. The van der Waals surface area contributed by atoms with Gasteiger partial charge in [0.05, 0.1) is 16.9 Å². The van der Waals surface area contributed by atoms with E-state index in [-0.39, 0.29) is 6.04 Å². The van der Waals surface area contributed by atoms with Gasteiger partial charge < -0.3 is 9.84 Å². The van der Waals surface area contributed by atoms with Crippen LogP contribution in [0.4, 0.5) is 0 Å². The zero-order valence-corrected chi connectivity index (χ0v) is 11.0. The van der Waals surface area contributed by atoms with E-state index in [2.05, 4.69) is 5.10 Å². The molecule has 1 aromatic rings. The number of aliphatic hydroxyl groups is 1. The Morgan fingerprint density at radius 3 is 2.75 bits per heavy atom. The van der Waals surface area contributed by atoms with Crippen molar-refractivity contribution < 1.29 is 9.84 Å². The summed E-state index contributed by atoms with van der Waals surface area (Å²) in [5, 5.41) is 15.1. The van der Waals surface area contributed by atoms with E-state index in [0.29, 0.717) is 23.7 Å². The lowest BCUT2D eigenvalue weighted by Crippen LogP contribution is -2.28. The summed E-state index contributed by atoms with van der Waals surface area (Å²) in [4.78, 5) is 0. The van der Waals surface area contributed by atoms with Crippen LogP contribution in [0.1, 0.15) is 38.9 Å². The summed E-state index contributed by atoms with van der Waals surface area (Å²) in [5.41, 5.74) is -0.366. The molecule has 0 radical (unpaired) electrons. The van der Waals surface area contributed by atoms with E-state index in [4.69, 9.17) is 16.3 Å². The first-order valence-corrected chi connectivity index (χ1v) is 5.72. The first-order chi connectivity index (χ1) is 7.40. The highest BCUT2D eigenvalue weighted by molar-refractivity contribution is 6.31. The molecule has 0 aliphatic rings. The maximum Gasteiger partial charge on any atom is 0.107 e. The van der Waals surface area contributed by atoms with Gasteiger partial charge >= 0.3 is 0 Å². The number of methoxy groups -OCH3 is 1. The Morgan fingerprint density at radius 1 is 1.62 bits per heavy atom. The molecule has 1 heterocycles. The molecule has 0 aliphatic heterocycles. The summed E-state index contributed by atoms with van der Waals surface area (Å²) < 4.78 is 6.73. The molecule has 0 aromatic carbocycles. The zero-order valence-electron chi connectivity index (χ0n) is 10.2. The fourth-order valence-corrected chi connectivity index (χ4v) is 1.99. The van der Waals surface area contributed by atoms with Crippen molar-refractivity contribution in [2.45, 2.75) is 38.8 Å². The quantitative estimate of drug-likeness (QED) is 0.868. The van der Waals surface area contributed by atoms with Crippen LogP contribution < -0.4 is 0 Å². The van der Waals surface area contributed by atoms with Gasteiger partial charge in [-0.25, -0.2) is 0 Å². The van der Waals surface area contributed by atoms with E-state index in [1.807, 2.05) is 13.8 Å². The van der Waals surface area contributed by atoms with Crippen LogP contribution in [0.5, 0.6) is 0 Å². The fraction of sp³-hybridized carbons (Fsp3) is 0.727. The highest BCUT2D eigenvalue weighted by Gasteiger charge is 2.30. The van der Waals surface area contributed by atoms with Gasteiger partial charge in [-0.1, -0.05) is 11.6 Å². The van der Waals surface area contributed by atoms with E-state index in [1.54, 1.807) is 24.9 Å². The molecule has 0 spiro atoms. The Bertz CT molecular complexity index is 348. The molecule has 0 aliphatic carbocycles. The highest BCUT2D eigenvalue weighted by Crippen LogP contribution is 2.32. The van der Waals surface area contributed by atoms with Crippen molar-refractivity contribution in [3.8, 4) is 0 Å². The third-order valence-electron chi connectivity index (χ3n) is 2.54. The maximum atomic E-state index is 10.4. The smallest absolute Gasteiger partial charge is 0.107 e. The Morgan fingerprint density at radius 2 is 2.25 bits per heavy atom. The van der Waals surface area contributed by atoms with Crippen molar-refractivity contribution in [1.82, 2.24) is 9.78 Å². The Labute approximate surface area is 101 Å². The molecule has 1 aromatic heterocycles. The number of hydrogen-bond acceptors (Lipinski definition) is 3. The van der Waals surface area contributed by atoms with Gasteiger partial charge in [0.25, 0.3) is 0 Å². The highest BCUT2D eigenvalue weighted by atomic mass is 35.5. The van der Waals surface area contributed by atoms with Crippen LogP contribution in [0.25, 0.3) is 0 Å². The van der Waals surface area contributed by atoms with Gasteiger partial charge in [-0.15, -0.1) is 0 Å². The molecule has 0 amide bonds. The summed E-state index contributed by atoms with van der Waals surface area (Å²) >= 11 is 6.07. The average molecular weight is 247 g/mol. The molecule has 1 N–H and O–H groups in total. The lowest BCUT2D eigenvalue weighted by Gasteiger charge is -2.26. The Balaban J connectivity index is 3.05. The van der Waals surface area contributed by atoms with Gasteiger partial charge in [-0.05, 0) is 20.8 Å². The number of rotatable bonds is 5. The molecule has 16 heavy (non-hydrogen) atoms. The molecule has 1 rings (SSSR count). The van der Waals surface area contributed by atoms with Crippen LogP contribution >= 0.6 is 11.6 Å². The SMILES string of the molecule is COCCC(C)(O)c1c(Cl)cnn1C(C)C. The largest absolute Gasteiger partial charge is 0.385 e. The summed E-state index contributed by atoms with van der Waals surface area (Å²) in [7, 11) is 1.61. The van der Waals surface area contributed by atoms with Crippen molar-refractivity contribution in [2.75, 3.05) is 13.7 Å². The van der Waals surface area contributed by atoms with Gasteiger partial charge in [0.15, 0.2) is 0 Å². The summed E-state index contributed by atoms with van der Waals surface area (Å²) in [6.07, 6.45) is 2.06. The third kappa shape index (κ3) is 2.75. The summed E-state index contributed by atoms with van der Waals surface area (Å²) in [6, 6.07) is 0.163.